The smallest absolute Gasteiger partial charge is 0.306 e. The van der Waals surface area contributed by atoms with Gasteiger partial charge in [-0.25, -0.2) is 0 Å². The molecule has 0 aliphatic carbocycles. The topological polar surface area (TPSA) is 78.9 Å². The molecule has 0 bridgehead atoms. The van der Waals surface area contributed by atoms with Crippen LogP contribution < -0.4 is 0 Å². The van der Waals surface area contributed by atoms with Gasteiger partial charge in [0, 0.05) is 19.3 Å². The average molecular weight is 1070 g/mol. The van der Waals surface area contributed by atoms with Gasteiger partial charge in [0.25, 0.3) is 0 Å². The van der Waals surface area contributed by atoms with Crippen molar-refractivity contribution in [1.29, 1.82) is 0 Å². The van der Waals surface area contributed by atoms with Gasteiger partial charge in [0.1, 0.15) is 13.2 Å². The second-order valence-corrected chi connectivity index (χ2v) is 22.7. The summed E-state index contributed by atoms with van der Waals surface area (Å²) in [5, 5.41) is 0. The molecule has 0 radical (unpaired) electrons. The van der Waals surface area contributed by atoms with Crippen molar-refractivity contribution in [2.75, 3.05) is 13.2 Å². The molecular formula is C70H128O6. The number of hydrogen-bond acceptors (Lipinski definition) is 6. The van der Waals surface area contributed by atoms with E-state index in [-0.39, 0.29) is 31.1 Å². The van der Waals surface area contributed by atoms with Crippen molar-refractivity contribution in [3.63, 3.8) is 0 Å². The largest absolute Gasteiger partial charge is 0.462 e. The molecule has 1 unspecified atom stereocenters. The molecule has 0 aromatic rings. The quantitative estimate of drug-likeness (QED) is 0.0261. The first-order valence-corrected chi connectivity index (χ1v) is 33.6. The van der Waals surface area contributed by atoms with Gasteiger partial charge in [0.05, 0.1) is 0 Å². The Kier molecular flexibility index (Phi) is 62.6. The van der Waals surface area contributed by atoms with Crippen LogP contribution >= 0.6 is 0 Å². The van der Waals surface area contributed by atoms with Crippen LogP contribution in [0.25, 0.3) is 0 Å². The summed E-state index contributed by atoms with van der Waals surface area (Å²) in [6.45, 7) is 6.63. The number of esters is 3. The number of unbranched alkanes of at least 4 members (excludes halogenated alkanes) is 43. The third-order valence-electron chi connectivity index (χ3n) is 15.0. The highest BCUT2D eigenvalue weighted by molar-refractivity contribution is 5.71. The summed E-state index contributed by atoms with van der Waals surface area (Å²) < 4.78 is 16.9. The van der Waals surface area contributed by atoms with Gasteiger partial charge in [0.2, 0.25) is 0 Å². The number of allylic oxidation sites excluding steroid dienone is 8. The maximum Gasteiger partial charge on any atom is 0.306 e. The van der Waals surface area contributed by atoms with Crippen molar-refractivity contribution in [1.82, 2.24) is 0 Å². The van der Waals surface area contributed by atoms with Crippen LogP contribution in [0.5, 0.6) is 0 Å². The molecule has 0 aromatic heterocycles. The van der Waals surface area contributed by atoms with Gasteiger partial charge < -0.3 is 14.2 Å². The van der Waals surface area contributed by atoms with E-state index in [0.717, 1.165) is 89.9 Å². The van der Waals surface area contributed by atoms with Crippen molar-refractivity contribution in [2.24, 2.45) is 0 Å². The van der Waals surface area contributed by atoms with Gasteiger partial charge in [-0.15, -0.1) is 0 Å². The highest BCUT2D eigenvalue weighted by Crippen LogP contribution is 2.17. The normalized spacial score (nSPS) is 12.3. The predicted molar refractivity (Wildman–Crippen MR) is 330 cm³/mol. The summed E-state index contributed by atoms with van der Waals surface area (Å²) in [7, 11) is 0. The molecule has 0 rings (SSSR count). The fourth-order valence-corrected chi connectivity index (χ4v) is 9.94. The SMILES string of the molecule is CCCCC/C=C\C/C=C\CCCCCCCC(=O)OC(COC(=O)CCCCCCC/C=C\CCCCCCC)COC(=O)CCCCCCCCCCCCCCCCCCC/C=C\CCCCCCCCCC. The molecule has 76 heavy (non-hydrogen) atoms. The number of carbonyl (C=O) groups is 3. The third kappa shape index (κ3) is 62.2. The number of carbonyl (C=O) groups excluding carboxylic acids is 3. The monoisotopic (exact) mass is 1060 g/mol. The fraction of sp³-hybridized carbons (Fsp3) is 0.843. The Hall–Kier alpha value is -2.63. The molecule has 0 spiro atoms. The lowest BCUT2D eigenvalue weighted by Gasteiger charge is -2.18. The van der Waals surface area contributed by atoms with E-state index in [1.165, 1.54) is 231 Å². The summed E-state index contributed by atoms with van der Waals surface area (Å²) in [5.41, 5.74) is 0. The molecule has 0 fully saturated rings. The van der Waals surface area contributed by atoms with E-state index in [1.54, 1.807) is 0 Å². The minimum atomic E-state index is -0.783. The van der Waals surface area contributed by atoms with Crippen molar-refractivity contribution >= 4 is 17.9 Å². The van der Waals surface area contributed by atoms with E-state index in [9.17, 15) is 14.4 Å². The molecule has 6 nitrogen and oxygen atoms in total. The minimum absolute atomic E-state index is 0.0783. The van der Waals surface area contributed by atoms with Crippen LogP contribution in [0.3, 0.4) is 0 Å². The summed E-state index contributed by atoms with van der Waals surface area (Å²) in [6, 6.07) is 0. The van der Waals surface area contributed by atoms with Crippen LogP contribution in [0.15, 0.2) is 48.6 Å². The molecule has 0 aromatic carbocycles. The molecule has 0 saturated heterocycles. The van der Waals surface area contributed by atoms with Gasteiger partial charge in [0.15, 0.2) is 6.10 Å². The second kappa shape index (κ2) is 64.9. The van der Waals surface area contributed by atoms with Crippen molar-refractivity contribution in [3.8, 4) is 0 Å². The van der Waals surface area contributed by atoms with Crippen molar-refractivity contribution in [2.45, 2.75) is 367 Å². The van der Waals surface area contributed by atoms with Crippen LogP contribution in [-0.2, 0) is 28.6 Å². The lowest BCUT2D eigenvalue weighted by atomic mass is 10.0. The summed E-state index contributed by atoms with van der Waals surface area (Å²) >= 11 is 0. The highest BCUT2D eigenvalue weighted by atomic mass is 16.6. The maximum atomic E-state index is 12.9. The molecule has 0 aliphatic rings. The van der Waals surface area contributed by atoms with E-state index in [1.807, 2.05) is 0 Å². The molecule has 0 N–H and O–H groups in total. The Bertz CT molecular complexity index is 1310. The van der Waals surface area contributed by atoms with Crippen molar-refractivity contribution < 1.29 is 28.6 Å². The molecule has 0 aliphatic heterocycles. The molecular weight excluding hydrogens is 937 g/mol. The van der Waals surface area contributed by atoms with E-state index in [0.29, 0.717) is 19.3 Å². The zero-order valence-corrected chi connectivity index (χ0v) is 51.0. The minimum Gasteiger partial charge on any atom is -0.462 e. The zero-order chi connectivity index (χ0) is 55.0. The Balaban J connectivity index is 4.19. The molecule has 0 amide bonds. The Morgan fingerprint density at radius 1 is 0.263 bits per heavy atom. The van der Waals surface area contributed by atoms with E-state index in [4.69, 9.17) is 14.2 Å². The first-order chi connectivity index (χ1) is 37.5. The van der Waals surface area contributed by atoms with Gasteiger partial charge >= 0.3 is 17.9 Å². The summed E-state index contributed by atoms with van der Waals surface area (Å²) in [6.07, 6.45) is 81.4. The summed E-state index contributed by atoms with van der Waals surface area (Å²) in [4.78, 5) is 38.3. The second-order valence-electron chi connectivity index (χ2n) is 22.7. The maximum absolute atomic E-state index is 12.9. The van der Waals surface area contributed by atoms with Crippen LogP contribution in [0.4, 0.5) is 0 Å². The average Bonchev–Trinajstić information content (AvgIpc) is 3.42. The van der Waals surface area contributed by atoms with Crippen LogP contribution in [0, 0.1) is 0 Å². The molecule has 6 heteroatoms. The van der Waals surface area contributed by atoms with Gasteiger partial charge in [-0.3, -0.25) is 14.4 Å². The van der Waals surface area contributed by atoms with E-state index >= 15 is 0 Å². The van der Waals surface area contributed by atoms with Crippen LogP contribution in [0.1, 0.15) is 361 Å². The molecule has 0 heterocycles. The number of ether oxygens (including phenoxy) is 3. The molecule has 0 saturated carbocycles. The fourth-order valence-electron chi connectivity index (χ4n) is 9.94. The first-order valence-electron chi connectivity index (χ1n) is 33.6. The van der Waals surface area contributed by atoms with Gasteiger partial charge in [-0.05, 0) is 103 Å². The van der Waals surface area contributed by atoms with Crippen molar-refractivity contribution in [3.05, 3.63) is 48.6 Å². The van der Waals surface area contributed by atoms with Gasteiger partial charge in [-0.1, -0.05) is 288 Å². The van der Waals surface area contributed by atoms with E-state index < -0.39 is 6.10 Å². The van der Waals surface area contributed by atoms with Gasteiger partial charge in [-0.2, -0.15) is 0 Å². The number of rotatable bonds is 62. The molecule has 1 atom stereocenters. The summed E-state index contributed by atoms with van der Waals surface area (Å²) in [5.74, 6) is -0.881. The van der Waals surface area contributed by atoms with Crippen LogP contribution in [-0.4, -0.2) is 37.2 Å². The number of hydrogen-bond donors (Lipinski definition) is 0. The Labute approximate surface area is 473 Å². The predicted octanol–water partition coefficient (Wildman–Crippen LogP) is 22.9. The van der Waals surface area contributed by atoms with Crippen LogP contribution in [0.2, 0.25) is 0 Å². The lowest BCUT2D eigenvalue weighted by Crippen LogP contribution is -2.30. The Morgan fingerprint density at radius 3 is 0.763 bits per heavy atom. The third-order valence-corrected chi connectivity index (χ3v) is 15.0. The first kappa shape index (κ1) is 73.4. The van der Waals surface area contributed by atoms with E-state index in [2.05, 4.69) is 69.4 Å². The lowest BCUT2D eigenvalue weighted by molar-refractivity contribution is -0.167. The zero-order valence-electron chi connectivity index (χ0n) is 51.0. The molecule has 444 valence electrons. The highest BCUT2D eigenvalue weighted by Gasteiger charge is 2.19. The standard InChI is InChI=1S/C70H128O6/c1-4-7-10-13-16-19-22-25-28-29-30-31-32-33-34-35-36-37-38-39-40-41-43-45-48-51-54-57-60-63-69(72)75-66-67(65-74-68(71)62-59-56-53-50-47-44-27-24-21-18-15-12-9-6-3)76-70(73)64-61-58-55-52-49-46-42-26-23-20-17-14-11-8-5-2/h17,20,24,26-27,29-30,42,67H,4-16,18-19,21-23,25,28,31-41,43-66H2,1-3H3/b20-17-,27-24-,30-29-,42-26-. The Morgan fingerprint density at radius 2 is 0.474 bits per heavy atom.